The maximum atomic E-state index is 13.4. The van der Waals surface area contributed by atoms with Gasteiger partial charge in [-0.3, -0.25) is 0 Å². The summed E-state index contributed by atoms with van der Waals surface area (Å²) in [6.45, 7) is 2.15. The molecular weight excluding hydrogens is 355 g/mol. The summed E-state index contributed by atoms with van der Waals surface area (Å²) in [7, 11) is 0. The molecule has 0 unspecified atom stereocenters. The number of hydrogen-bond acceptors (Lipinski definition) is 4. The van der Waals surface area contributed by atoms with Crippen LogP contribution in [-0.2, 0) is 9.47 Å². The van der Waals surface area contributed by atoms with E-state index in [2.05, 4.69) is 22.5 Å². The zero-order chi connectivity index (χ0) is 19.0. The Kier molecular flexibility index (Phi) is 4.65. The fraction of sp³-hybridized carbons (Fsp3) is 0.435. The van der Waals surface area contributed by atoms with Gasteiger partial charge >= 0.3 is 0 Å². The molecule has 1 N–H and O–H groups in total. The Morgan fingerprint density at radius 3 is 2.71 bits per heavy atom. The van der Waals surface area contributed by atoms with Crippen LogP contribution in [0.1, 0.15) is 19.3 Å². The quantitative estimate of drug-likeness (QED) is 0.785. The van der Waals surface area contributed by atoms with Gasteiger partial charge in [-0.05, 0) is 54.5 Å². The summed E-state index contributed by atoms with van der Waals surface area (Å²) >= 11 is 0. The van der Waals surface area contributed by atoms with E-state index in [0.717, 1.165) is 42.8 Å². The van der Waals surface area contributed by atoms with Crippen LogP contribution in [0.3, 0.4) is 0 Å². The molecule has 1 saturated carbocycles. The number of nitrogens with zero attached hydrogens (tertiary/aromatic N) is 1. The lowest BCUT2D eigenvalue weighted by atomic mass is 9.81. The summed E-state index contributed by atoms with van der Waals surface area (Å²) in [6, 6.07) is 10.5. The van der Waals surface area contributed by atoms with Crippen LogP contribution in [-0.4, -0.2) is 30.5 Å². The van der Waals surface area contributed by atoms with E-state index in [1.54, 1.807) is 12.3 Å². The predicted molar refractivity (Wildman–Crippen MR) is 106 cm³/mol. The average molecular weight is 380 g/mol. The smallest absolute Gasteiger partial charge is 0.173 e. The van der Waals surface area contributed by atoms with Crippen LogP contribution < -0.4 is 5.32 Å². The molecule has 4 nitrogen and oxygen atoms in total. The zero-order valence-corrected chi connectivity index (χ0v) is 15.8. The van der Waals surface area contributed by atoms with Crippen molar-refractivity contribution in [3.63, 3.8) is 0 Å². The van der Waals surface area contributed by atoms with Crippen molar-refractivity contribution in [1.82, 2.24) is 4.98 Å². The number of anilines is 1. The molecule has 28 heavy (non-hydrogen) atoms. The Morgan fingerprint density at radius 1 is 1.07 bits per heavy atom. The zero-order valence-electron chi connectivity index (χ0n) is 15.8. The van der Waals surface area contributed by atoms with Crippen molar-refractivity contribution in [3.8, 4) is 11.1 Å². The largest absolute Gasteiger partial charge is 0.370 e. The van der Waals surface area contributed by atoms with Gasteiger partial charge in [-0.25, -0.2) is 9.37 Å². The van der Waals surface area contributed by atoms with Crippen LogP contribution in [0.15, 0.2) is 54.7 Å². The normalized spacial score (nSPS) is 27.8. The Hall–Kier alpha value is -2.24. The molecular formula is C23H25FN2O2. The molecule has 2 fully saturated rings. The van der Waals surface area contributed by atoms with Crippen molar-refractivity contribution < 1.29 is 13.9 Å². The van der Waals surface area contributed by atoms with Gasteiger partial charge in [0.1, 0.15) is 11.6 Å². The fourth-order valence-electron chi connectivity index (χ4n) is 5.12. The lowest BCUT2D eigenvalue weighted by Gasteiger charge is -2.32. The molecule has 0 bridgehead atoms. The summed E-state index contributed by atoms with van der Waals surface area (Å²) < 4.78 is 25.7. The molecule has 3 aliphatic rings. The van der Waals surface area contributed by atoms with Gasteiger partial charge in [-0.1, -0.05) is 24.3 Å². The molecule has 3 atom stereocenters. The number of aromatic nitrogens is 1. The third-order valence-electron chi connectivity index (χ3n) is 6.45. The van der Waals surface area contributed by atoms with Crippen LogP contribution in [0.2, 0.25) is 0 Å². The van der Waals surface area contributed by atoms with Crippen molar-refractivity contribution in [3.05, 3.63) is 60.6 Å². The van der Waals surface area contributed by atoms with Crippen LogP contribution >= 0.6 is 0 Å². The number of pyridine rings is 1. The summed E-state index contributed by atoms with van der Waals surface area (Å²) in [5.41, 5.74) is 1.74. The third-order valence-corrected chi connectivity index (χ3v) is 6.45. The summed E-state index contributed by atoms with van der Waals surface area (Å²) in [5.74, 6) is 1.69. The highest BCUT2D eigenvalue weighted by molar-refractivity contribution is 5.63. The topological polar surface area (TPSA) is 43.4 Å². The van der Waals surface area contributed by atoms with Gasteiger partial charge in [-0.2, -0.15) is 0 Å². The number of halogens is 1. The predicted octanol–water partition coefficient (Wildman–Crippen LogP) is 4.65. The highest BCUT2D eigenvalue weighted by atomic mass is 19.1. The van der Waals surface area contributed by atoms with E-state index < -0.39 is 5.79 Å². The molecule has 2 aliphatic carbocycles. The molecule has 0 radical (unpaired) electrons. The number of hydrogen-bond donors (Lipinski definition) is 1. The van der Waals surface area contributed by atoms with Gasteiger partial charge in [0, 0.05) is 30.6 Å². The van der Waals surface area contributed by atoms with Crippen molar-refractivity contribution in [2.75, 3.05) is 25.1 Å². The highest BCUT2D eigenvalue weighted by Gasteiger charge is 2.56. The maximum absolute atomic E-state index is 13.4. The van der Waals surface area contributed by atoms with Crippen LogP contribution in [0, 0.1) is 23.6 Å². The van der Waals surface area contributed by atoms with Crippen molar-refractivity contribution in [2.24, 2.45) is 17.8 Å². The van der Waals surface area contributed by atoms with Crippen molar-refractivity contribution in [1.29, 1.82) is 0 Å². The monoisotopic (exact) mass is 380 g/mol. The van der Waals surface area contributed by atoms with Crippen molar-refractivity contribution >= 4 is 5.82 Å². The first-order chi connectivity index (χ1) is 13.7. The second-order valence-electron chi connectivity index (χ2n) is 8.01. The standard InChI is InChI=1S/C23H25FN2O2/c24-19-6-3-5-16(12-19)18-8-9-22(25-14-18)26-15-21-20-7-2-1-4-17(20)13-23(21)27-10-11-28-23/h1-3,5-6,8-9,12,14,17,20-21H,4,7,10-11,13,15H2,(H,25,26)/t17-,20+,21-/m0/s1. The van der Waals surface area contributed by atoms with E-state index in [1.807, 2.05) is 18.2 Å². The lowest BCUT2D eigenvalue weighted by Crippen LogP contribution is -2.40. The van der Waals surface area contributed by atoms with Gasteiger partial charge in [0.05, 0.1) is 13.2 Å². The highest BCUT2D eigenvalue weighted by Crippen LogP contribution is 2.53. The van der Waals surface area contributed by atoms with E-state index in [0.29, 0.717) is 31.0 Å². The van der Waals surface area contributed by atoms with Crippen LogP contribution in [0.4, 0.5) is 10.2 Å². The Bertz CT molecular complexity index is 861. The SMILES string of the molecule is Fc1cccc(-c2ccc(NC[C@H]3[C@@H]4CC=CC[C@H]4CC34OCCO4)nc2)c1. The minimum Gasteiger partial charge on any atom is -0.370 e. The van der Waals surface area contributed by atoms with E-state index in [9.17, 15) is 4.39 Å². The number of ether oxygens (including phenoxy) is 2. The molecule has 146 valence electrons. The molecule has 0 amide bonds. The molecule has 1 aromatic heterocycles. The van der Waals surface area contributed by atoms with Gasteiger partial charge in [0.2, 0.25) is 0 Å². The first kappa shape index (κ1) is 17.8. The summed E-state index contributed by atoms with van der Waals surface area (Å²) in [4.78, 5) is 4.54. The lowest BCUT2D eigenvalue weighted by molar-refractivity contribution is -0.183. The maximum Gasteiger partial charge on any atom is 0.173 e. The minimum absolute atomic E-state index is 0.237. The first-order valence-corrected chi connectivity index (χ1v) is 10.1. The van der Waals surface area contributed by atoms with Crippen molar-refractivity contribution in [2.45, 2.75) is 25.0 Å². The Balaban J connectivity index is 1.30. The van der Waals surface area contributed by atoms with Crippen LogP contribution in [0.25, 0.3) is 11.1 Å². The molecule has 2 heterocycles. The number of fused-ring (bicyclic) bond motifs is 1. The van der Waals surface area contributed by atoms with Gasteiger partial charge in [0.15, 0.2) is 5.79 Å². The number of nitrogens with one attached hydrogen (secondary N) is 1. The number of benzene rings is 1. The summed E-state index contributed by atoms with van der Waals surface area (Å²) in [5, 5.41) is 3.49. The Morgan fingerprint density at radius 2 is 1.93 bits per heavy atom. The average Bonchev–Trinajstić information content (AvgIpc) is 3.31. The minimum atomic E-state index is -0.435. The third kappa shape index (κ3) is 3.23. The van der Waals surface area contributed by atoms with Gasteiger partial charge in [-0.15, -0.1) is 0 Å². The van der Waals surface area contributed by atoms with E-state index in [1.165, 1.54) is 12.1 Å². The summed E-state index contributed by atoms with van der Waals surface area (Å²) in [6.07, 6.45) is 9.59. The second-order valence-corrected chi connectivity index (χ2v) is 8.01. The van der Waals surface area contributed by atoms with E-state index in [4.69, 9.17) is 9.47 Å². The molecule has 5 rings (SSSR count). The molecule has 5 heteroatoms. The molecule has 1 aliphatic heterocycles. The van der Waals surface area contributed by atoms with Gasteiger partial charge in [0.25, 0.3) is 0 Å². The van der Waals surface area contributed by atoms with E-state index in [-0.39, 0.29) is 5.82 Å². The van der Waals surface area contributed by atoms with E-state index >= 15 is 0 Å². The van der Waals surface area contributed by atoms with Crippen LogP contribution in [0.5, 0.6) is 0 Å². The molecule has 1 saturated heterocycles. The number of allylic oxidation sites excluding steroid dienone is 2. The first-order valence-electron chi connectivity index (χ1n) is 10.1. The number of rotatable bonds is 4. The fourth-order valence-corrected chi connectivity index (χ4v) is 5.12. The van der Waals surface area contributed by atoms with Gasteiger partial charge < -0.3 is 14.8 Å². The molecule has 2 aromatic rings. The molecule has 1 aromatic carbocycles. The second kappa shape index (κ2) is 7.30. The Labute approximate surface area is 164 Å². The molecule has 1 spiro atoms.